The van der Waals surface area contributed by atoms with Crippen LogP contribution in [0.3, 0.4) is 0 Å². The highest BCUT2D eigenvalue weighted by Crippen LogP contribution is 2.19. The third-order valence-electron chi connectivity index (χ3n) is 2.53. The Labute approximate surface area is 99.1 Å². The van der Waals surface area contributed by atoms with Gasteiger partial charge in [-0.15, -0.1) is 0 Å². The first kappa shape index (κ1) is 11.0. The fourth-order valence-corrected chi connectivity index (χ4v) is 1.75. The fourth-order valence-electron chi connectivity index (χ4n) is 1.52. The van der Waals surface area contributed by atoms with E-state index in [9.17, 15) is 0 Å². The molecule has 2 rings (SSSR count). The fraction of sp³-hybridized carbons (Fsp3) is 0.273. The Morgan fingerprint density at radius 1 is 1.31 bits per heavy atom. The zero-order valence-electron chi connectivity index (χ0n) is 9.02. The van der Waals surface area contributed by atoms with Crippen LogP contribution in [0.5, 0.6) is 0 Å². The molecule has 0 aliphatic carbocycles. The van der Waals surface area contributed by atoms with Gasteiger partial charge < -0.3 is 10.3 Å². The second kappa shape index (κ2) is 4.53. The third kappa shape index (κ3) is 2.17. The number of aromatic nitrogens is 3. The second-order valence-electron chi connectivity index (χ2n) is 3.62. The monoisotopic (exact) mass is 236 g/mol. The number of nitrogens with two attached hydrogens (primary N) is 1. The summed E-state index contributed by atoms with van der Waals surface area (Å²) >= 11 is 6.09. The van der Waals surface area contributed by atoms with Crippen LogP contribution in [0.4, 0.5) is 5.95 Å². The molecule has 0 amide bonds. The lowest BCUT2D eigenvalue weighted by atomic mass is 10.1. The minimum atomic E-state index is 0.453. The van der Waals surface area contributed by atoms with Crippen LogP contribution in [0, 0.1) is 0 Å². The van der Waals surface area contributed by atoms with E-state index in [-0.39, 0.29) is 0 Å². The summed E-state index contributed by atoms with van der Waals surface area (Å²) in [7, 11) is 1.81. The summed E-state index contributed by atoms with van der Waals surface area (Å²) < 4.78 is 1.68. The summed E-state index contributed by atoms with van der Waals surface area (Å²) in [5.74, 6) is 0.453. The lowest BCUT2D eigenvalue weighted by Crippen LogP contribution is -1.96. The summed E-state index contributed by atoms with van der Waals surface area (Å²) in [5, 5.41) is 0.617. The number of rotatable bonds is 3. The molecule has 0 atom stereocenters. The molecule has 0 fully saturated rings. The number of hydrogen-bond donors (Lipinski definition) is 1. The molecule has 2 aromatic heterocycles. The number of anilines is 1. The average molecular weight is 237 g/mol. The molecule has 0 saturated carbocycles. The Hall–Kier alpha value is -1.55. The lowest BCUT2D eigenvalue weighted by Gasteiger charge is -1.99. The van der Waals surface area contributed by atoms with Crippen molar-refractivity contribution in [3.8, 4) is 0 Å². The quantitative estimate of drug-likeness (QED) is 0.885. The van der Waals surface area contributed by atoms with Gasteiger partial charge in [-0.05, 0) is 30.5 Å². The predicted molar refractivity (Wildman–Crippen MR) is 64.3 cm³/mol. The standard InChI is InChI=1S/C11H13ClN4/c1-16-10(12)9(15-11(16)13)3-2-8-4-6-14-7-5-8/h4-7H,2-3H2,1H3,(H2,13,15). The van der Waals surface area contributed by atoms with Crippen molar-refractivity contribution >= 4 is 17.5 Å². The molecule has 0 bridgehead atoms. The molecule has 0 aliphatic heterocycles. The number of pyridine rings is 1. The molecule has 0 saturated heterocycles. The molecule has 0 spiro atoms. The van der Waals surface area contributed by atoms with Gasteiger partial charge in [0.2, 0.25) is 5.95 Å². The zero-order valence-corrected chi connectivity index (χ0v) is 9.78. The van der Waals surface area contributed by atoms with Crippen molar-refractivity contribution < 1.29 is 0 Å². The minimum absolute atomic E-state index is 0.453. The Kier molecular flexibility index (Phi) is 3.10. The summed E-state index contributed by atoms with van der Waals surface area (Å²) in [6.07, 6.45) is 5.24. The van der Waals surface area contributed by atoms with E-state index in [0.717, 1.165) is 18.5 Å². The normalized spacial score (nSPS) is 10.6. The highest BCUT2D eigenvalue weighted by Gasteiger charge is 2.10. The Morgan fingerprint density at radius 2 is 2.00 bits per heavy atom. The van der Waals surface area contributed by atoms with Crippen LogP contribution < -0.4 is 5.73 Å². The van der Waals surface area contributed by atoms with Gasteiger partial charge in [0.25, 0.3) is 0 Å². The second-order valence-corrected chi connectivity index (χ2v) is 3.98. The molecule has 2 heterocycles. The van der Waals surface area contributed by atoms with Gasteiger partial charge >= 0.3 is 0 Å². The van der Waals surface area contributed by atoms with Gasteiger partial charge in [-0.1, -0.05) is 11.6 Å². The molecule has 5 heteroatoms. The Morgan fingerprint density at radius 3 is 2.56 bits per heavy atom. The molecular formula is C11H13ClN4. The van der Waals surface area contributed by atoms with Gasteiger partial charge in [0.05, 0.1) is 5.69 Å². The maximum Gasteiger partial charge on any atom is 0.201 e. The van der Waals surface area contributed by atoms with E-state index in [0.29, 0.717) is 11.1 Å². The third-order valence-corrected chi connectivity index (χ3v) is 3.00. The number of aryl methyl sites for hydroxylation is 2. The molecule has 0 unspecified atom stereocenters. The smallest absolute Gasteiger partial charge is 0.201 e. The molecule has 0 radical (unpaired) electrons. The average Bonchev–Trinajstić information content (AvgIpc) is 2.56. The van der Waals surface area contributed by atoms with Crippen LogP contribution in [0.15, 0.2) is 24.5 Å². The van der Waals surface area contributed by atoms with Gasteiger partial charge in [0, 0.05) is 19.4 Å². The van der Waals surface area contributed by atoms with E-state index < -0.39 is 0 Å². The summed E-state index contributed by atoms with van der Waals surface area (Å²) in [6.45, 7) is 0. The number of halogens is 1. The van der Waals surface area contributed by atoms with Crippen LogP contribution in [0.25, 0.3) is 0 Å². The number of imidazole rings is 1. The van der Waals surface area contributed by atoms with E-state index in [4.69, 9.17) is 17.3 Å². The van der Waals surface area contributed by atoms with Crippen LogP contribution in [0.2, 0.25) is 5.15 Å². The van der Waals surface area contributed by atoms with Gasteiger partial charge in [0.1, 0.15) is 5.15 Å². The van der Waals surface area contributed by atoms with Crippen molar-refractivity contribution in [1.29, 1.82) is 0 Å². The van der Waals surface area contributed by atoms with Crippen molar-refractivity contribution in [3.63, 3.8) is 0 Å². The Bertz CT molecular complexity index is 478. The highest BCUT2D eigenvalue weighted by atomic mass is 35.5. The first-order chi connectivity index (χ1) is 7.68. The van der Waals surface area contributed by atoms with Crippen molar-refractivity contribution in [1.82, 2.24) is 14.5 Å². The SMILES string of the molecule is Cn1c(N)nc(CCc2ccncc2)c1Cl. The van der Waals surface area contributed by atoms with Crippen molar-refractivity contribution in [2.45, 2.75) is 12.8 Å². The first-order valence-electron chi connectivity index (χ1n) is 5.04. The maximum absolute atomic E-state index is 6.09. The maximum atomic E-state index is 6.09. The molecule has 4 nitrogen and oxygen atoms in total. The number of nitrogen functional groups attached to an aromatic ring is 1. The van der Waals surface area contributed by atoms with Crippen LogP contribution in [-0.2, 0) is 19.9 Å². The predicted octanol–water partition coefficient (Wildman–Crippen LogP) is 1.84. The zero-order chi connectivity index (χ0) is 11.5. The topological polar surface area (TPSA) is 56.7 Å². The summed E-state index contributed by atoms with van der Waals surface area (Å²) in [6, 6.07) is 3.97. The van der Waals surface area contributed by atoms with Crippen molar-refractivity contribution in [2.24, 2.45) is 7.05 Å². The number of nitrogens with zero attached hydrogens (tertiary/aromatic N) is 3. The molecule has 16 heavy (non-hydrogen) atoms. The minimum Gasteiger partial charge on any atom is -0.369 e. The summed E-state index contributed by atoms with van der Waals surface area (Å²) in [4.78, 5) is 8.19. The molecule has 2 N–H and O–H groups in total. The van der Waals surface area contributed by atoms with Crippen LogP contribution in [-0.4, -0.2) is 14.5 Å². The molecule has 0 aromatic carbocycles. The van der Waals surface area contributed by atoms with Crippen LogP contribution in [0.1, 0.15) is 11.3 Å². The number of hydrogen-bond acceptors (Lipinski definition) is 3. The molecule has 2 aromatic rings. The van der Waals surface area contributed by atoms with Crippen molar-refractivity contribution in [2.75, 3.05) is 5.73 Å². The molecular weight excluding hydrogens is 224 g/mol. The van der Waals surface area contributed by atoms with Gasteiger partial charge in [-0.25, -0.2) is 4.98 Å². The van der Waals surface area contributed by atoms with Gasteiger partial charge in [0.15, 0.2) is 0 Å². The van der Waals surface area contributed by atoms with E-state index in [1.807, 2.05) is 12.1 Å². The van der Waals surface area contributed by atoms with E-state index in [2.05, 4.69) is 9.97 Å². The van der Waals surface area contributed by atoms with E-state index in [1.54, 1.807) is 24.0 Å². The van der Waals surface area contributed by atoms with Crippen LogP contribution >= 0.6 is 11.6 Å². The van der Waals surface area contributed by atoms with E-state index in [1.165, 1.54) is 5.56 Å². The molecule has 84 valence electrons. The largest absolute Gasteiger partial charge is 0.369 e. The molecule has 0 aliphatic rings. The van der Waals surface area contributed by atoms with Gasteiger partial charge in [-0.2, -0.15) is 0 Å². The lowest BCUT2D eigenvalue weighted by molar-refractivity contribution is 0.908. The Balaban J connectivity index is 2.08. The van der Waals surface area contributed by atoms with Crippen molar-refractivity contribution in [3.05, 3.63) is 40.9 Å². The summed E-state index contributed by atoms with van der Waals surface area (Å²) in [5.41, 5.74) is 7.73. The van der Waals surface area contributed by atoms with Gasteiger partial charge in [-0.3, -0.25) is 4.98 Å². The first-order valence-corrected chi connectivity index (χ1v) is 5.41. The van der Waals surface area contributed by atoms with E-state index >= 15 is 0 Å². The highest BCUT2D eigenvalue weighted by molar-refractivity contribution is 6.30.